The van der Waals surface area contributed by atoms with Gasteiger partial charge in [0.25, 0.3) is 0 Å². The van der Waals surface area contributed by atoms with Gasteiger partial charge in [-0.3, -0.25) is 11.3 Å². The lowest BCUT2D eigenvalue weighted by atomic mass is 10.2. The Hall–Kier alpha value is -1.67. The molecule has 0 saturated carbocycles. The van der Waals surface area contributed by atoms with Gasteiger partial charge in [-0.25, -0.2) is 4.98 Å². The number of hydrazine groups is 1. The standard InChI is InChI=1S/C13H13N5S2/c14-17-10(12-7-15-18-20-12)6-13-16-11(8-19-13)9-4-2-1-3-5-9/h1-5,7-8,10,17H,6,14H2. The van der Waals surface area contributed by atoms with Gasteiger partial charge in [0.05, 0.1) is 27.8 Å². The number of nitrogens with one attached hydrogen (secondary N) is 1. The normalized spacial score (nSPS) is 12.4. The van der Waals surface area contributed by atoms with Crippen molar-refractivity contribution in [2.45, 2.75) is 12.5 Å². The maximum absolute atomic E-state index is 5.61. The Balaban J connectivity index is 1.77. The van der Waals surface area contributed by atoms with E-state index in [1.54, 1.807) is 17.5 Å². The van der Waals surface area contributed by atoms with Gasteiger partial charge in [0.15, 0.2) is 0 Å². The van der Waals surface area contributed by atoms with Crippen molar-refractivity contribution in [3.63, 3.8) is 0 Å². The Morgan fingerprint density at radius 3 is 2.80 bits per heavy atom. The van der Waals surface area contributed by atoms with Crippen LogP contribution in [0.25, 0.3) is 11.3 Å². The van der Waals surface area contributed by atoms with Gasteiger partial charge in [-0.15, -0.1) is 16.4 Å². The van der Waals surface area contributed by atoms with E-state index in [0.29, 0.717) is 0 Å². The van der Waals surface area contributed by atoms with Crippen LogP contribution in [0.4, 0.5) is 0 Å². The summed E-state index contributed by atoms with van der Waals surface area (Å²) in [6.45, 7) is 0. The smallest absolute Gasteiger partial charge is 0.0952 e. The first-order valence-corrected chi connectivity index (χ1v) is 7.75. The molecule has 0 aliphatic carbocycles. The molecule has 3 aromatic rings. The zero-order valence-corrected chi connectivity index (χ0v) is 12.2. The molecule has 0 amide bonds. The van der Waals surface area contributed by atoms with Crippen molar-refractivity contribution >= 4 is 22.9 Å². The van der Waals surface area contributed by atoms with Crippen molar-refractivity contribution in [3.8, 4) is 11.3 Å². The molecule has 0 aliphatic rings. The summed E-state index contributed by atoms with van der Waals surface area (Å²) in [5, 5.41) is 6.96. The number of benzene rings is 1. The van der Waals surface area contributed by atoms with Crippen molar-refractivity contribution in [3.05, 3.63) is 51.8 Å². The van der Waals surface area contributed by atoms with Crippen LogP contribution in [0.5, 0.6) is 0 Å². The van der Waals surface area contributed by atoms with Crippen molar-refractivity contribution in [2.24, 2.45) is 5.84 Å². The topological polar surface area (TPSA) is 76.7 Å². The lowest BCUT2D eigenvalue weighted by Crippen LogP contribution is -2.28. The van der Waals surface area contributed by atoms with Crippen LogP contribution in [-0.2, 0) is 6.42 Å². The van der Waals surface area contributed by atoms with Gasteiger partial charge in [-0.1, -0.05) is 34.8 Å². The average Bonchev–Trinajstić information content (AvgIpc) is 3.17. The van der Waals surface area contributed by atoms with Crippen molar-refractivity contribution in [1.82, 2.24) is 20.0 Å². The van der Waals surface area contributed by atoms with E-state index in [1.807, 2.05) is 18.2 Å². The number of nitrogens with two attached hydrogens (primary N) is 1. The Morgan fingerprint density at radius 2 is 2.10 bits per heavy atom. The van der Waals surface area contributed by atoms with Crippen LogP contribution in [0.3, 0.4) is 0 Å². The van der Waals surface area contributed by atoms with Gasteiger partial charge in [-0.05, 0) is 11.5 Å². The molecule has 0 radical (unpaired) electrons. The molecule has 1 atom stereocenters. The molecule has 0 fully saturated rings. The predicted octanol–water partition coefficient (Wildman–Crippen LogP) is 2.41. The summed E-state index contributed by atoms with van der Waals surface area (Å²) in [5.41, 5.74) is 4.93. The summed E-state index contributed by atoms with van der Waals surface area (Å²) in [4.78, 5) is 5.68. The summed E-state index contributed by atoms with van der Waals surface area (Å²) in [6.07, 6.45) is 2.47. The second-order valence-corrected chi connectivity index (χ2v) is 6.00. The van der Waals surface area contributed by atoms with Gasteiger partial charge in [0.2, 0.25) is 0 Å². The number of thiazole rings is 1. The highest BCUT2D eigenvalue weighted by Crippen LogP contribution is 2.25. The first-order valence-electron chi connectivity index (χ1n) is 6.10. The molecule has 3 N–H and O–H groups in total. The quantitative estimate of drug-likeness (QED) is 0.559. The van der Waals surface area contributed by atoms with Crippen molar-refractivity contribution < 1.29 is 0 Å². The van der Waals surface area contributed by atoms with Gasteiger partial charge in [-0.2, -0.15) is 0 Å². The van der Waals surface area contributed by atoms with E-state index < -0.39 is 0 Å². The van der Waals surface area contributed by atoms with Crippen LogP contribution < -0.4 is 11.3 Å². The molecule has 102 valence electrons. The fourth-order valence-corrected chi connectivity index (χ4v) is 3.30. The lowest BCUT2D eigenvalue weighted by molar-refractivity contribution is 0.558. The van der Waals surface area contributed by atoms with Gasteiger partial charge >= 0.3 is 0 Å². The van der Waals surface area contributed by atoms with E-state index in [-0.39, 0.29) is 6.04 Å². The predicted molar refractivity (Wildman–Crippen MR) is 81.2 cm³/mol. The Labute approximate surface area is 124 Å². The summed E-state index contributed by atoms with van der Waals surface area (Å²) in [6, 6.07) is 10.2. The zero-order chi connectivity index (χ0) is 13.8. The third kappa shape index (κ3) is 2.91. The lowest BCUT2D eigenvalue weighted by Gasteiger charge is -2.10. The molecule has 0 spiro atoms. The molecule has 0 bridgehead atoms. The third-order valence-electron chi connectivity index (χ3n) is 2.92. The van der Waals surface area contributed by atoms with E-state index in [2.05, 4.69) is 37.5 Å². The van der Waals surface area contributed by atoms with E-state index in [9.17, 15) is 0 Å². The number of aromatic nitrogens is 3. The first-order chi connectivity index (χ1) is 9.86. The minimum Gasteiger partial charge on any atom is -0.271 e. The third-order valence-corrected chi connectivity index (χ3v) is 4.57. The van der Waals surface area contributed by atoms with Crippen molar-refractivity contribution in [1.29, 1.82) is 0 Å². The van der Waals surface area contributed by atoms with Crippen LogP contribution in [0.2, 0.25) is 0 Å². The van der Waals surface area contributed by atoms with Crippen LogP contribution in [0.1, 0.15) is 15.9 Å². The molecule has 7 heteroatoms. The summed E-state index contributed by atoms with van der Waals surface area (Å²) in [7, 11) is 0. The highest BCUT2D eigenvalue weighted by atomic mass is 32.1. The zero-order valence-electron chi connectivity index (χ0n) is 10.6. The minimum atomic E-state index is 0.00442. The van der Waals surface area contributed by atoms with Gasteiger partial charge in [0.1, 0.15) is 0 Å². The van der Waals surface area contributed by atoms with E-state index in [0.717, 1.165) is 27.6 Å². The number of rotatable bonds is 5. The van der Waals surface area contributed by atoms with Gasteiger partial charge in [0, 0.05) is 17.4 Å². The molecule has 2 heterocycles. The maximum atomic E-state index is 5.61. The van der Waals surface area contributed by atoms with E-state index in [4.69, 9.17) is 5.84 Å². The molecular weight excluding hydrogens is 290 g/mol. The monoisotopic (exact) mass is 303 g/mol. The molecule has 1 unspecified atom stereocenters. The van der Waals surface area contributed by atoms with Crippen LogP contribution in [0, 0.1) is 0 Å². The number of hydrogen-bond donors (Lipinski definition) is 2. The van der Waals surface area contributed by atoms with Crippen LogP contribution >= 0.6 is 22.9 Å². The fraction of sp³-hybridized carbons (Fsp3) is 0.154. The summed E-state index contributed by atoms with van der Waals surface area (Å²) < 4.78 is 3.86. The molecule has 0 saturated heterocycles. The maximum Gasteiger partial charge on any atom is 0.0952 e. The average molecular weight is 303 g/mol. The molecule has 1 aromatic carbocycles. The second kappa shape index (κ2) is 6.19. The minimum absolute atomic E-state index is 0.00442. The van der Waals surface area contributed by atoms with E-state index in [1.165, 1.54) is 11.5 Å². The highest BCUT2D eigenvalue weighted by molar-refractivity contribution is 7.10. The fourth-order valence-electron chi connectivity index (χ4n) is 1.89. The van der Waals surface area contributed by atoms with Crippen molar-refractivity contribution in [2.75, 3.05) is 0 Å². The Bertz CT molecular complexity index is 650. The van der Waals surface area contributed by atoms with Gasteiger partial charge < -0.3 is 0 Å². The number of hydrogen-bond acceptors (Lipinski definition) is 7. The molecule has 2 aromatic heterocycles. The van der Waals surface area contributed by atoms with Crippen LogP contribution in [0.15, 0.2) is 41.9 Å². The van der Waals surface area contributed by atoms with E-state index >= 15 is 0 Å². The molecular formula is C13H13N5S2. The highest BCUT2D eigenvalue weighted by Gasteiger charge is 2.15. The first kappa shape index (κ1) is 13.3. The Morgan fingerprint density at radius 1 is 1.25 bits per heavy atom. The van der Waals surface area contributed by atoms with Crippen LogP contribution in [-0.4, -0.2) is 14.6 Å². The SMILES string of the molecule is NNC(Cc1nc(-c2ccccc2)cs1)c1cnns1. The summed E-state index contributed by atoms with van der Waals surface area (Å²) >= 11 is 2.99. The molecule has 20 heavy (non-hydrogen) atoms. The summed E-state index contributed by atoms with van der Waals surface area (Å²) in [5.74, 6) is 5.61. The molecule has 3 rings (SSSR count). The second-order valence-electron chi connectivity index (χ2n) is 4.24. The molecule has 0 aliphatic heterocycles. The Kier molecular flexibility index (Phi) is 4.12. The number of nitrogens with zero attached hydrogens (tertiary/aromatic N) is 3. The molecule has 5 nitrogen and oxygen atoms in total. The largest absolute Gasteiger partial charge is 0.271 e.